The lowest BCUT2D eigenvalue weighted by atomic mass is 10.1. The van der Waals surface area contributed by atoms with E-state index in [-0.39, 0.29) is 29.9 Å². The molecule has 1 aromatic carbocycles. The van der Waals surface area contributed by atoms with E-state index in [9.17, 15) is 19.1 Å². The number of carbonyl (C=O) groups is 2. The minimum atomic E-state index is -0.593. The molecule has 2 saturated heterocycles. The predicted molar refractivity (Wildman–Crippen MR) is 87.2 cm³/mol. The van der Waals surface area contributed by atoms with Crippen molar-refractivity contribution >= 4 is 17.5 Å². The summed E-state index contributed by atoms with van der Waals surface area (Å²) in [5.74, 6) is -1.47. The van der Waals surface area contributed by atoms with Gasteiger partial charge in [-0.05, 0) is 12.1 Å². The number of halogens is 1. The van der Waals surface area contributed by atoms with Gasteiger partial charge in [-0.1, -0.05) is 0 Å². The fourth-order valence-corrected chi connectivity index (χ4v) is 2.99. The number of hydrogen-bond acceptors (Lipinski definition) is 6. The Balaban J connectivity index is 1.57. The van der Waals surface area contributed by atoms with Crippen LogP contribution in [0.3, 0.4) is 0 Å². The zero-order valence-corrected chi connectivity index (χ0v) is 13.6. The minimum Gasteiger partial charge on any atom is -0.506 e. The van der Waals surface area contributed by atoms with Gasteiger partial charge in [0.15, 0.2) is 0 Å². The van der Waals surface area contributed by atoms with Crippen LogP contribution in [-0.2, 0) is 14.3 Å². The second-order valence-electron chi connectivity index (χ2n) is 6.07. The molecule has 1 aromatic rings. The third kappa shape index (κ3) is 4.65. The van der Waals surface area contributed by atoms with Gasteiger partial charge in [0, 0.05) is 19.2 Å². The van der Waals surface area contributed by atoms with E-state index >= 15 is 0 Å². The Morgan fingerprint density at radius 2 is 2.16 bits per heavy atom. The molecule has 136 valence electrons. The predicted octanol–water partition coefficient (Wildman–Crippen LogP) is -0.0462. The number of aromatic hydroxyl groups is 1. The molecule has 2 aliphatic rings. The standard InChI is InChI=1S/C16H21FN4O4/c17-10-1-2-11(12(22)7-10)18-15(23)8-13-19-14(9-16(24)20-13)21-3-5-25-6-4-21/h1-2,7,13-14,19,22H,3-6,8-9H2,(H,18,23)(H,20,24). The average Bonchev–Trinajstić information content (AvgIpc) is 2.58. The second-order valence-corrected chi connectivity index (χ2v) is 6.07. The van der Waals surface area contributed by atoms with E-state index in [4.69, 9.17) is 4.74 Å². The zero-order chi connectivity index (χ0) is 17.8. The van der Waals surface area contributed by atoms with Crippen LogP contribution in [0.25, 0.3) is 0 Å². The highest BCUT2D eigenvalue weighted by Crippen LogP contribution is 2.23. The maximum Gasteiger partial charge on any atom is 0.227 e. The molecule has 0 bridgehead atoms. The van der Waals surface area contributed by atoms with E-state index in [1.165, 1.54) is 6.07 Å². The number of benzene rings is 1. The topological polar surface area (TPSA) is 103 Å². The van der Waals surface area contributed by atoms with Crippen molar-refractivity contribution in [3.63, 3.8) is 0 Å². The molecule has 2 unspecified atom stereocenters. The number of rotatable bonds is 4. The molecule has 0 aromatic heterocycles. The van der Waals surface area contributed by atoms with Gasteiger partial charge in [0.25, 0.3) is 0 Å². The molecule has 2 atom stereocenters. The van der Waals surface area contributed by atoms with Gasteiger partial charge in [0.1, 0.15) is 11.6 Å². The summed E-state index contributed by atoms with van der Waals surface area (Å²) >= 11 is 0. The molecule has 2 fully saturated rings. The first-order valence-electron chi connectivity index (χ1n) is 8.17. The second kappa shape index (κ2) is 7.77. The van der Waals surface area contributed by atoms with E-state index in [0.717, 1.165) is 25.2 Å². The Kier molecular flexibility index (Phi) is 5.47. The van der Waals surface area contributed by atoms with E-state index in [0.29, 0.717) is 19.6 Å². The molecule has 0 saturated carbocycles. The first-order chi connectivity index (χ1) is 12.0. The van der Waals surface area contributed by atoms with Crippen molar-refractivity contribution in [2.24, 2.45) is 0 Å². The summed E-state index contributed by atoms with van der Waals surface area (Å²) in [7, 11) is 0. The third-order valence-corrected chi connectivity index (χ3v) is 4.22. The fourth-order valence-electron chi connectivity index (χ4n) is 2.99. The number of carbonyl (C=O) groups excluding carboxylic acids is 2. The Labute approximate surface area is 144 Å². The molecule has 8 nitrogen and oxygen atoms in total. The summed E-state index contributed by atoms with van der Waals surface area (Å²) < 4.78 is 18.3. The van der Waals surface area contributed by atoms with Gasteiger partial charge in [-0.2, -0.15) is 0 Å². The van der Waals surface area contributed by atoms with Crippen molar-refractivity contribution in [1.82, 2.24) is 15.5 Å². The van der Waals surface area contributed by atoms with Gasteiger partial charge in [0.05, 0.1) is 44.1 Å². The molecule has 0 radical (unpaired) electrons. The highest BCUT2D eigenvalue weighted by Gasteiger charge is 2.31. The lowest BCUT2D eigenvalue weighted by molar-refractivity contribution is -0.128. The van der Waals surface area contributed by atoms with Crippen LogP contribution >= 0.6 is 0 Å². The summed E-state index contributed by atoms with van der Waals surface area (Å²) in [5.41, 5.74) is 0.123. The molecule has 2 amide bonds. The van der Waals surface area contributed by atoms with Crippen LogP contribution in [0, 0.1) is 5.82 Å². The lowest BCUT2D eigenvalue weighted by Gasteiger charge is -2.40. The maximum absolute atomic E-state index is 13.0. The number of amides is 2. The first kappa shape index (κ1) is 17.6. The highest BCUT2D eigenvalue weighted by atomic mass is 19.1. The highest BCUT2D eigenvalue weighted by molar-refractivity contribution is 5.93. The van der Waals surface area contributed by atoms with Gasteiger partial charge in [-0.15, -0.1) is 0 Å². The monoisotopic (exact) mass is 352 g/mol. The number of hydrogen-bond donors (Lipinski definition) is 4. The van der Waals surface area contributed by atoms with Gasteiger partial charge in [-0.3, -0.25) is 19.8 Å². The summed E-state index contributed by atoms with van der Waals surface area (Å²) in [6.07, 6.45) is -0.355. The Morgan fingerprint density at radius 1 is 1.40 bits per heavy atom. The maximum atomic E-state index is 13.0. The smallest absolute Gasteiger partial charge is 0.227 e. The van der Waals surface area contributed by atoms with Gasteiger partial charge in [-0.25, -0.2) is 4.39 Å². The normalized spacial score (nSPS) is 24.6. The quantitative estimate of drug-likeness (QED) is 0.567. The summed E-state index contributed by atoms with van der Waals surface area (Å²) in [4.78, 5) is 26.2. The number of morpholine rings is 1. The molecule has 9 heteroatoms. The van der Waals surface area contributed by atoms with E-state index < -0.39 is 17.9 Å². The summed E-state index contributed by atoms with van der Waals surface area (Å²) in [5, 5.41) is 18.1. The van der Waals surface area contributed by atoms with Crippen molar-refractivity contribution in [2.45, 2.75) is 25.2 Å². The lowest BCUT2D eigenvalue weighted by Crippen LogP contribution is -2.63. The number of nitrogens with zero attached hydrogens (tertiary/aromatic N) is 1. The molecule has 3 rings (SSSR count). The van der Waals surface area contributed by atoms with Crippen molar-refractivity contribution in [3.05, 3.63) is 24.0 Å². The molecule has 2 heterocycles. The van der Waals surface area contributed by atoms with Gasteiger partial charge >= 0.3 is 0 Å². The number of nitrogens with one attached hydrogen (secondary N) is 3. The molecular formula is C16H21FN4O4. The number of anilines is 1. The molecule has 0 aliphatic carbocycles. The van der Waals surface area contributed by atoms with E-state index in [1.54, 1.807) is 0 Å². The Morgan fingerprint density at radius 3 is 2.88 bits per heavy atom. The zero-order valence-electron chi connectivity index (χ0n) is 13.6. The third-order valence-electron chi connectivity index (χ3n) is 4.22. The fraction of sp³-hybridized carbons (Fsp3) is 0.500. The van der Waals surface area contributed by atoms with E-state index in [1.807, 2.05) is 0 Å². The Hall–Kier alpha value is -2.23. The summed E-state index contributed by atoms with van der Waals surface area (Å²) in [6, 6.07) is 3.35. The number of phenolic OH excluding ortho intramolecular Hbond substituents is 1. The van der Waals surface area contributed by atoms with Gasteiger partial charge < -0.3 is 20.5 Å². The largest absolute Gasteiger partial charge is 0.506 e. The SMILES string of the molecule is O=C(CC1NC(=O)CC(N2CCOCC2)N1)Nc1ccc(F)cc1O. The van der Waals surface area contributed by atoms with Crippen molar-refractivity contribution in [2.75, 3.05) is 31.6 Å². The van der Waals surface area contributed by atoms with Crippen LogP contribution in [0.1, 0.15) is 12.8 Å². The molecule has 4 N–H and O–H groups in total. The first-order valence-corrected chi connectivity index (χ1v) is 8.17. The average molecular weight is 352 g/mol. The van der Waals surface area contributed by atoms with E-state index in [2.05, 4.69) is 20.9 Å². The molecule has 0 spiro atoms. The van der Waals surface area contributed by atoms with Crippen molar-refractivity contribution < 1.29 is 23.8 Å². The molecule has 2 aliphatic heterocycles. The summed E-state index contributed by atoms with van der Waals surface area (Å²) in [6.45, 7) is 2.70. The minimum absolute atomic E-state index is 0.0105. The van der Waals surface area contributed by atoms with Crippen LogP contribution in [-0.4, -0.2) is 60.5 Å². The van der Waals surface area contributed by atoms with Crippen LogP contribution in [0.4, 0.5) is 10.1 Å². The van der Waals surface area contributed by atoms with Crippen molar-refractivity contribution in [3.8, 4) is 5.75 Å². The molecular weight excluding hydrogens is 331 g/mol. The molecule has 25 heavy (non-hydrogen) atoms. The van der Waals surface area contributed by atoms with Crippen LogP contribution in [0.5, 0.6) is 5.75 Å². The van der Waals surface area contributed by atoms with Crippen LogP contribution < -0.4 is 16.0 Å². The van der Waals surface area contributed by atoms with Gasteiger partial charge in [0.2, 0.25) is 11.8 Å². The van der Waals surface area contributed by atoms with Crippen LogP contribution in [0.2, 0.25) is 0 Å². The number of phenols is 1. The Bertz CT molecular complexity index is 651. The van der Waals surface area contributed by atoms with Crippen LogP contribution in [0.15, 0.2) is 18.2 Å². The van der Waals surface area contributed by atoms with Crippen molar-refractivity contribution in [1.29, 1.82) is 0 Å². The number of ether oxygens (including phenoxy) is 1.